The average Bonchev–Trinajstić information content (AvgIpc) is 3.86. The molecular formula is C40H50N4O6. The number of aromatic nitrogens is 2. The van der Waals surface area contributed by atoms with Crippen LogP contribution in [0.2, 0.25) is 0 Å². The summed E-state index contributed by atoms with van der Waals surface area (Å²) in [7, 11) is 1.73. The summed E-state index contributed by atoms with van der Waals surface area (Å²) in [5.74, 6) is 2.94. The molecule has 0 radical (unpaired) electrons. The minimum atomic E-state index is -0.306. The van der Waals surface area contributed by atoms with Gasteiger partial charge in [0, 0.05) is 55.8 Å². The van der Waals surface area contributed by atoms with Gasteiger partial charge in [0.25, 0.3) is 0 Å². The summed E-state index contributed by atoms with van der Waals surface area (Å²) < 4.78 is 17.2. The smallest absolute Gasteiger partial charge is 0.410 e. The molecule has 6 aliphatic rings. The Hall–Kier alpha value is -3.92. The number of anilines is 1. The van der Waals surface area contributed by atoms with E-state index in [1.165, 1.54) is 11.1 Å². The summed E-state index contributed by atoms with van der Waals surface area (Å²) in [4.78, 5) is 40.5. The van der Waals surface area contributed by atoms with Crippen molar-refractivity contribution in [1.82, 2.24) is 14.9 Å². The molecule has 5 saturated carbocycles. The third-order valence-corrected chi connectivity index (χ3v) is 12.7. The van der Waals surface area contributed by atoms with Crippen LogP contribution in [0.3, 0.4) is 0 Å². The Morgan fingerprint density at radius 1 is 1.00 bits per heavy atom. The van der Waals surface area contributed by atoms with Crippen LogP contribution in [0.1, 0.15) is 100.0 Å². The van der Waals surface area contributed by atoms with E-state index in [0.29, 0.717) is 57.1 Å². The van der Waals surface area contributed by atoms with Crippen LogP contribution in [0.25, 0.3) is 11.3 Å². The number of likely N-dealkylation sites (tertiary alicyclic amines) is 1. The number of aliphatic hydroxyl groups is 1. The molecule has 10 heteroatoms. The molecule has 9 rings (SSSR count). The van der Waals surface area contributed by atoms with E-state index in [0.717, 1.165) is 74.3 Å². The first-order chi connectivity index (χ1) is 24.3. The second-order valence-electron chi connectivity index (χ2n) is 15.9. The van der Waals surface area contributed by atoms with Crippen molar-refractivity contribution < 1.29 is 28.6 Å². The zero-order valence-corrected chi connectivity index (χ0v) is 29.4. The number of hydrogen-bond donors (Lipinski definition) is 1. The van der Waals surface area contributed by atoms with Crippen molar-refractivity contribution in [1.29, 1.82) is 0 Å². The third-order valence-electron chi connectivity index (χ3n) is 12.7. The molecule has 0 atom stereocenters. The monoisotopic (exact) mass is 682 g/mol. The van der Waals surface area contributed by atoms with Crippen LogP contribution in [0.4, 0.5) is 10.6 Å². The molecule has 1 N–H and O–H groups in total. The third kappa shape index (κ3) is 6.40. The Labute approximate surface area is 294 Å². The minimum absolute atomic E-state index is 0.0417. The summed E-state index contributed by atoms with van der Waals surface area (Å²) >= 11 is 0. The zero-order valence-electron chi connectivity index (χ0n) is 29.4. The maximum Gasteiger partial charge on any atom is 0.410 e. The van der Waals surface area contributed by atoms with Crippen LogP contribution in [0.5, 0.6) is 5.75 Å². The lowest BCUT2D eigenvalue weighted by molar-refractivity contribution is -0.124. The number of rotatable bonds is 10. The average molecular weight is 683 g/mol. The molecule has 0 unspecified atom stereocenters. The van der Waals surface area contributed by atoms with Gasteiger partial charge in [-0.15, -0.1) is 0 Å². The number of oxazole rings is 1. The Morgan fingerprint density at radius 3 is 2.40 bits per heavy atom. The van der Waals surface area contributed by atoms with Gasteiger partial charge in [0.05, 0.1) is 7.11 Å². The molecular weight excluding hydrogens is 632 g/mol. The second kappa shape index (κ2) is 13.3. The van der Waals surface area contributed by atoms with Gasteiger partial charge in [-0.1, -0.05) is 12.1 Å². The number of aliphatic hydroxyl groups excluding tert-OH is 1. The van der Waals surface area contributed by atoms with Gasteiger partial charge < -0.3 is 23.9 Å². The van der Waals surface area contributed by atoms with E-state index >= 15 is 0 Å². The number of nitrogens with zero attached hydrogens (tertiary/aromatic N) is 4. The molecule has 5 aliphatic carbocycles. The number of amides is 2. The summed E-state index contributed by atoms with van der Waals surface area (Å²) in [5.41, 5.74) is 4.52. The first-order valence-electron chi connectivity index (χ1n) is 18.7. The second-order valence-corrected chi connectivity index (χ2v) is 15.9. The van der Waals surface area contributed by atoms with Crippen LogP contribution in [0, 0.1) is 24.2 Å². The molecule has 2 aromatic heterocycles. The molecule has 1 saturated heterocycles. The van der Waals surface area contributed by atoms with E-state index in [1.807, 2.05) is 17.0 Å². The first-order valence-corrected chi connectivity index (χ1v) is 18.7. The quantitative estimate of drug-likeness (QED) is 0.239. The maximum absolute atomic E-state index is 14.6. The highest BCUT2D eigenvalue weighted by molar-refractivity contribution is 5.95. The molecule has 6 fully saturated rings. The van der Waals surface area contributed by atoms with Crippen molar-refractivity contribution in [3.05, 3.63) is 59.8 Å². The van der Waals surface area contributed by atoms with Gasteiger partial charge in [0.2, 0.25) is 5.91 Å². The lowest BCUT2D eigenvalue weighted by Gasteiger charge is -2.55. The number of pyridine rings is 1. The predicted molar refractivity (Wildman–Crippen MR) is 188 cm³/mol. The summed E-state index contributed by atoms with van der Waals surface area (Å²) in [5, 5.41) is 9.30. The van der Waals surface area contributed by atoms with Crippen molar-refractivity contribution >= 4 is 17.8 Å². The lowest BCUT2D eigenvalue weighted by atomic mass is 9.51. The molecule has 1 aromatic carbocycles. The Kier molecular flexibility index (Phi) is 8.86. The standard InChI is InChI=1S/C40H50N4O6/c1-26-19-31(7-10-34(26)48-2)40-15-12-39(13-16-40,14-17-40)25-44(35-20-30(11-18-41-35)33-24-49-36(42-33)28-3-4-28)37(46)29-5-8-32(9-6-29)50-38(47)43-21-27(22-43)23-45/h7,10-11,18-20,24,27-29,32,45H,3-6,8-9,12-17,21-23,25H2,1-2H3. The van der Waals surface area contributed by atoms with Crippen LogP contribution >= 0.6 is 0 Å². The van der Waals surface area contributed by atoms with Gasteiger partial charge in [0.1, 0.15) is 29.6 Å². The molecule has 50 heavy (non-hydrogen) atoms. The van der Waals surface area contributed by atoms with E-state index in [1.54, 1.807) is 24.5 Å². The van der Waals surface area contributed by atoms with Crippen LogP contribution in [-0.2, 0) is 14.9 Å². The molecule has 0 spiro atoms. The van der Waals surface area contributed by atoms with E-state index in [-0.39, 0.29) is 47.4 Å². The highest BCUT2D eigenvalue weighted by atomic mass is 16.6. The van der Waals surface area contributed by atoms with Crippen LogP contribution < -0.4 is 9.64 Å². The molecule has 3 aromatic rings. The van der Waals surface area contributed by atoms with Gasteiger partial charge >= 0.3 is 6.09 Å². The zero-order chi connectivity index (χ0) is 34.5. The minimum Gasteiger partial charge on any atom is -0.496 e. The maximum atomic E-state index is 14.6. The van der Waals surface area contributed by atoms with Gasteiger partial charge in [0.15, 0.2) is 5.89 Å². The Bertz CT molecular complexity index is 1700. The first kappa shape index (κ1) is 33.2. The fraction of sp³-hybridized carbons (Fsp3) is 0.600. The number of ether oxygens (including phenoxy) is 2. The summed E-state index contributed by atoms with van der Waals surface area (Å²) in [6.07, 6.45) is 14.5. The Balaban J connectivity index is 0.994. The fourth-order valence-electron chi connectivity index (χ4n) is 9.11. The van der Waals surface area contributed by atoms with Crippen molar-refractivity contribution in [3.8, 4) is 17.0 Å². The molecule has 3 heterocycles. The highest BCUT2D eigenvalue weighted by Gasteiger charge is 2.51. The fourth-order valence-corrected chi connectivity index (χ4v) is 9.11. The molecule has 266 valence electrons. The SMILES string of the molecule is COc1ccc(C23CCC(CN(C(=O)C4CCC(OC(=O)N5CC(CO)C5)CC4)c4cc(-c5coc(C6CC6)n5)ccn4)(CC2)CC3)cc1C. The topological polar surface area (TPSA) is 118 Å². The summed E-state index contributed by atoms with van der Waals surface area (Å²) in [6, 6.07) is 10.7. The number of aryl methyl sites for hydroxylation is 1. The van der Waals surface area contributed by atoms with Gasteiger partial charge in [-0.05, 0) is 124 Å². The van der Waals surface area contributed by atoms with Gasteiger partial charge in [-0.2, -0.15) is 0 Å². The van der Waals surface area contributed by atoms with Crippen LogP contribution in [0.15, 0.2) is 47.2 Å². The predicted octanol–water partition coefficient (Wildman–Crippen LogP) is 7.18. The molecule has 1 aliphatic heterocycles. The molecule has 2 amide bonds. The number of benzene rings is 1. The van der Waals surface area contributed by atoms with E-state index in [4.69, 9.17) is 23.9 Å². The largest absolute Gasteiger partial charge is 0.496 e. The molecule has 2 bridgehead atoms. The number of carbonyl (C=O) groups is 2. The van der Waals surface area contributed by atoms with E-state index < -0.39 is 0 Å². The van der Waals surface area contributed by atoms with Gasteiger partial charge in [-0.3, -0.25) is 9.69 Å². The number of methoxy groups -OCH3 is 1. The molecule has 10 nitrogen and oxygen atoms in total. The normalized spacial score (nSPS) is 27.9. The van der Waals surface area contributed by atoms with Crippen molar-refractivity contribution in [2.45, 2.75) is 101 Å². The Morgan fingerprint density at radius 2 is 1.74 bits per heavy atom. The number of carbonyl (C=O) groups excluding carboxylic acids is 2. The van der Waals surface area contributed by atoms with Gasteiger partial charge in [-0.25, -0.2) is 14.8 Å². The van der Waals surface area contributed by atoms with Crippen LogP contribution in [-0.4, -0.2) is 71.4 Å². The van der Waals surface area contributed by atoms with E-state index in [9.17, 15) is 14.7 Å². The summed E-state index contributed by atoms with van der Waals surface area (Å²) in [6.45, 7) is 3.96. The number of fused-ring (bicyclic) bond motifs is 3. The lowest BCUT2D eigenvalue weighted by Crippen LogP contribution is -2.52. The van der Waals surface area contributed by atoms with Crippen molar-refractivity contribution in [3.63, 3.8) is 0 Å². The van der Waals surface area contributed by atoms with E-state index in [2.05, 4.69) is 25.1 Å². The van der Waals surface area contributed by atoms with Crippen molar-refractivity contribution in [2.75, 3.05) is 38.3 Å². The van der Waals surface area contributed by atoms with Crippen molar-refractivity contribution in [2.24, 2.45) is 17.3 Å². The highest BCUT2D eigenvalue weighted by Crippen LogP contribution is 2.58. The number of hydrogen-bond acceptors (Lipinski definition) is 8.